The average molecular weight is 381 g/mol. The first kappa shape index (κ1) is 19.9. The van der Waals surface area contributed by atoms with Gasteiger partial charge in [-0.2, -0.15) is 0 Å². The van der Waals surface area contributed by atoms with E-state index in [1.807, 2.05) is 45.0 Å². The number of amides is 1. The van der Waals surface area contributed by atoms with Crippen molar-refractivity contribution < 1.29 is 19.4 Å². The molecular formula is C23H27NO4. The molecule has 0 bridgehead atoms. The minimum absolute atomic E-state index is 0.0379. The Morgan fingerprint density at radius 2 is 1.54 bits per heavy atom. The molecule has 0 spiro atoms. The lowest BCUT2D eigenvalue weighted by Crippen LogP contribution is -2.36. The standard InChI is InChI=1S/C23H27NO4/c1-14(2)12-16(22(25)26)13-24-23(27)28-15(3)21-19-10-6-4-8-17(19)18-9-5-7-11-20(18)21/h4-11,14-16,21H,12-13H2,1-3H3,(H,24,27)(H,25,26)/t15-,16+/m1/s1. The lowest BCUT2D eigenvalue weighted by molar-refractivity contribution is -0.142. The van der Waals surface area contributed by atoms with E-state index in [2.05, 4.69) is 29.6 Å². The summed E-state index contributed by atoms with van der Waals surface area (Å²) in [5.74, 6) is -1.31. The van der Waals surface area contributed by atoms with Crippen LogP contribution in [0.15, 0.2) is 48.5 Å². The van der Waals surface area contributed by atoms with Gasteiger partial charge in [0.1, 0.15) is 6.10 Å². The summed E-state index contributed by atoms with van der Waals surface area (Å²) < 4.78 is 5.64. The van der Waals surface area contributed by atoms with Gasteiger partial charge in [-0.05, 0) is 41.5 Å². The summed E-state index contributed by atoms with van der Waals surface area (Å²) in [6.07, 6.45) is -0.448. The third kappa shape index (κ3) is 4.19. The van der Waals surface area contributed by atoms with Crippen molar-refractivity contribution in [2.75, 3.05) is 6.54 Å². The van der Waals surface area contributed by atoms with Gasteiger partial charge in [0, 0.05) is 12.5 Å². The molecule has 0 radical (unpaired) electrons. The lowest BCUT2D eigenvalue weighted by Gasteiger charge is -2.23. The van der Waals surface area contributed by atoms with Crippen LogP contribution in [0.3, 0.4) is 0 Å². The largest absolute Gasteiger partial charge is 0.481 e. The monoisotopic (exact) mass is 381 g/mol. The molecule has 2 atom stereocenters. The number of aliphatic carboxylic acids is 1. The normalized spacial score (nSPS) is 14.9. The first-order chi connectivity index (χ1) is 13.4. The molecule has 1 aliphatic carbocycles. The van der Waals surface area contributed by atoms with Gasteiger partial charge < -0.3 is 15.2 Å². The quantitative estimate of drug-likeness (QED) is 0.731. The predicted octanol–water partition coefficient (Wildman–Crippen LogP) is 4.66. The SMILES string of the molecule is CC(C)C[C@@H](CNC(=O)O[C@H](C)C1c2ccccc2-c2ccccc21)C(=O)O. The van der Waals surface area contributed by atoms with Crippen LogP contribution < -0.4 is 5.32 Å². The first-order valence-electron chi connectivity index (χ1n) is 9.74. The Morgan fingerprint density at radius 3 is 2.04 bits per heavy atom. The molecule has 0 saturated carbocycles. The van der Waals surface area contributed by atoms with Crippen LogP contribution >= 0.6 is 0 Å². The maximum atomic E-state index is 12.3. The molecular weight excluding hydrogens is 354 g/mol. The molecule has 0 unspecified atom stereocenters. The molecule has 0 heterocycles. The third-order valence-electron chi connectivity index (χ3n) is 5.24. The second-order valence-corrected chi connectivity index (χ2v) is 7.81. The highest BCUT2D eigenvalue weighted by molar-refractivity contribution is 5.79. The Morgan fingerprint density at radius 1 is 1.00 bits per heavy atom. The number of nitrogens with one attached hydrogen (secondary N) is 1. The Hall–Kier alpha value is -2.82. The predicted molar refractivity (Wildman–Crippen MR) is 108 cm³/mol. The topological polar surface area (TPSA) is 75.6 Å². The minimum atomic E-state index is -0.902. The summed E-state index contributed by atoms with van der Waals surface area (Å²) in [4.78, 5) is 23.7. The number of benzene rings is 2. The highest BCUT2D eigenvalue weighted by Gasteiger charge is 2.34. The molecule has 0 saturated heterocycles. The summed E-state index contributed by atoms with van der Waals surface area (Å²) in [5.41, 5.74) is 4.63. The number of fused-ring (bicyclic) bond motifs is 3. The van der Waals surface area contributed by atoms with Crippen LogP contribution in [-0.2, 0) is 9.53 Å². The molecule has 2 aromatic carbocycles. The smallest absolute Gasteiger partial charge is 0.407 e. The molecule has 2 aromatic rings. The van der Waals surface area contributed by atoms with Crippen LogP contribution in [0.25, 0.3) is 11.1 Å². The number of carboxylic acid groups (broad SMARTS) is 1. The maximum Gasteiger partial charge on any atom is 0.407 e. The molecule has 148 valence electrons. The van der Waals surface area contributed by atoms with Gasteiger partial charge in [-0.25, -0.2) is 4.79 Å². The van der Waals surface area contributed by atoms with Gasteiger partial charge in [-0.1, -0.05) is 62.4 Å². The van der Waals surface area contributed by atoms with E-state index in [1.165, 1.54) is 11.1 Å². The van der Waals surface area contributed by atoms with E-state index in [0.29, 0.717) is 6.42 Å². The summed E-state index contributed by atoms with van der Waals surface area (Å²) >= 11 is 0. The summed E-state index contributed by atoms with van der Waals surface area (Å²) in [7, 11) is 0. The number of alkyl carbamates (subject to hydrolysis) is 1. The summed E-state index contributed by atoms with van der Waals surface area (Å²) in [6, 6.07) is 16.3. The first-order valence-corrected chi connectivity index (χ1v) is 9.74. The van der Waals surface area contributed by atoms with Crippen LogP contribution in [-0.4, -0.2) is 29.8 Å². The number of hydrogen-bond donors (Lipinski definition) is 2. The Kier molecular flexibility index (Phi) is 6.02. The highest BCUT2D eigenvalue weighted by atomic mass is 16.6. The van der Waals surface area contributed by atoms with Crippen molar-refractivity contribution in [3.63, 3.8) is 0 Å². The van der Waals surface area contributed by atoms with E-state index in [1.54, 1.807) is 0 Å². The third-order valence-corrected chi connectivity index (χ3v) is 5.24. The van der Waals surface area contributed by atoms with Crippen LogP contribution in [0.2, 0.25) is 0 Å². The highest BCUT2D eigenvalue weighted by Crippen LogP contribution is 2.46. The van der Waals surface area contributed by atoms with Crippen LogP contribution in [0, 0.1) is 11.8 Å². The average Bonchev–Trinajstić information content (AvgIpc) is 2.99. The van der Waals surface area contributed by atoms with E-state index in [9.17, 15) is 14.7 Å². The van der Waals surface area contributed by atoms with Crippen molar-refractivity contribution in [3.05, 3.63) is 59.7 Å². The van der Waals surface area contributed by atoms with Crippen molar-refractivity contribution >= 4 is 12.1 Å². The molecule has 3 rings (SSSR count). The van der Waals surface area contributed by atoms with Crippen molar-refractivity contribution in [2.24, 2.45) is 11.8 Å². The Bertz CT molecular complexity index is 816. The summed E-state index contributed by atoms with van der Waals surface area (Å²) in [6.45, 7) is 5.87. The fourth-order valence-corrected chi connectivity index (χ4v) is 4.03. The van der Waals surface area contributed by atoms with E-state index in [0.717, 1.165) is 11.1 Å². The fourth-order valence-electron chi connectivity index (χ4n) is 4.03. The Labute approximate surface area is 165 Å². The van der Waals surface area contributed by atoms with Crippen molar-refractivity contribution in [1.82, 2.24) is 5.32 Å². The fraction of sp³-hybridized carbons (Fsp3) is 0.391. The van der Waals surface area contributed by atoms with E-state index in [4.69, 9.17) is 4.74 Å². The number of carbonyl (C=O) groups excluding carboxylic acids is 1. The number of hydrogen-bond acceptors (Lipinski definition) is 3. The number of carbonyl (C=O) groups is 2. The second-order valence-electron chi connectivity index (χ2n) is 7.81. The van der Waals surface area contributed by atoms with Gasteiger partial charge in [0.15, 0.2) is 0 Å². The molecule has 2 N–H and O–H groups in total. The molecule has 5 heteroatoms. The second kappa shape index (κ2) is 8.46. The molecule has 1 amide bonds. The number of carboxylic acids is 1. The van der Waals surface area contributed by atoms with Gasteiger partial charge in [0.05, 0.1) is 5.92 Å². The molecule has 1 aliphatic rings. The van der Waals surface area contributed by atoms with Crippen molar-refractivity contribution in [3.8, 4) is 11.1 Å². The molecule has 0 fully saturated rings. The van der Waals surface area contributed by atoms with Gasteiger partial charge in [0.25, 0.3) is 0 Å². The summed E-state index contributed by atoms with van der Waals surface area (Å²) in [5, 5.41) is 11.9. The zero-order valence-electron chi connectivity index (χ0n) is 16.5. The van der Waals surface area contributed by atoms with Gasteiger partial charge in [0.2, 0.25) is 0 Å². The van der Waals surface area contributed by atoms with Gasteiger partial charge >= 0.3 is 12.1 Å². The zero-order valence-corrected chi connectivity index (χ0v) is 16.5. The van der Waals surface area contributed by atoms with Crippen LogP contribution in [0.4, 0.5) is 4.79 Å². The van der Waals surface area contributed by atoms with Gasteiger partial charge in [-0.3, -0.25) is 4.79 Å². The zero-order chi connectivity index (χ0) is 20.3. The van der Waals surface area contributed by atoms with Crippen molar-refractivity contribution in [1.29, 1.82) is 0 Å². The lowest BCUT2D eigenvalue weighted by atomic mass is 9.92. The van der Waals surface area contributed by atoms with Crippen molar-refractivity contribution in [2.45, 2.75) is 39.2 Å². The van der Waals surface area contributed by atoms with E-state index < -0.39 is 18.0 Å². The number of ether oxygens (including phenoxy) is 1. The molecule has 5 nitrogen and oxygen atoms in total. The van der Waals surface area contributed by atoms with E-state index >= 15 is 0 Å². The number of rotatable bonds is 7. The van der Waals surface area contributed by atoms with Crippen LogP contribution in [0.1, 0.15) is 44.2 Å². The molecule has 28 heavy (non-hydrogen) atoms. The van der Waals surface area contributed by atoms with Crippen LogP contribution in [0.5, 0.6) is 0 Å². The minimum Gasteiger partial charge on any atom is -0.481 e. The van der Waals surface area contributed by atoms with E-state index in [-0.39, 0.29) is 24.5 Å². The maximum absolute atomic E-state index is 12.3. The molecule has 0 aromatic heterocycles. The molecule has 0 aliphatic heterocycles. The Balaban J connectivity index is 1.68. The van der Waals surface area contributed by atoms with Gasteiger partial charge in [-0.15, -0.1) is 0 Å².